The molecule has 0 heterocycles. The molecule has 0 atom stereocenters. The summed E-state index contributed by atoms with van der Waals surface area (Å²) in [6.07, 6.45) is 4.36. The average Bonchev–Trinajstić information content (AvgIpc) is 2.55. The largest absolute Gasteiger partial charge is 0.478 e. The number of carboxylic acids is 1. The van der Waals surface area contributed by atoms with Crippen molar-refractivity contribution in [2.45, 2.75) is 44.3 Å². The van der Waals surface area contributed by atoms with Crippen LogP contribution in [0.15, 0.2) is 18.2 Å². The molecule has 23 heavy (non-hydrogen) atoms. The second-order valence-corrected chi connectivity index (χ2v) is 5.87. The predicted molar refractivity (Wildman–Crippen MR) is 85.6 cm³/mol. The maximum absolute atomic E-state index is 12.7. The maximum Gasteiger partial charge on any atom is 0.335 e. The number of aromatic carboxylic acids is 1. The van der Waals surface area contributed by atoms with Crippen molar-refractivity contribution in [2.24, 2.45) is 0 Å². The minimum absolute atomic E-state index is 0.116. The number of rotatable bonds is 6. The smallest absolute Gasteiger partial charge is 0.335 e. The summed E-state index contributed by atoms with van der Waals surface area (Å²) in [4.78, 5) is 23.9. The molecular weight excluding hydrogens is 298 g/mol. The number of anilines is 1. The Balaban J connectivity index is 2.23. The highest BCUT2D eigenvalue weighted by atomic mass is 16.5. The Morgan fingerprint density at radius 1 is 1.17 bits per heavy atom. The zero-order valence-electron chi connectivity index (χ0n) is 13.6. The first-order valence-corrected chi connectivity index (χ1v) is 7.73. The van der Waals surface area contributed by atoms with E-state index < -0.39 is 11.6 Å². The van der Waals surface area contributed by atoms with Gasteiger partial charge in [0, 0.05) is 19.9 Å². The Labute approximate surface area is 135 Å². The van der Waals surface area contributed by atoms with Crippen LogP contribution in [0.1, 0.15) is 48.0 Å². The molecule has 0 saturated heterocycles. The number of carboxylic acid groups (broad SMARTS) is 1. The molecule has 0 spiro atoms. The molecule has 1 saturated carbocycles. The third kappa shape index (κ3) is 4.09. The number of carbonyl (C=O) groups excluding carboxylic acids is 1. The van der Waals surface area contributed by atoms with E-state index in [1.54, 1.807) is 13.2 Å². The van der Waals surface area contributed by atoms with E-state index in [-0.39, 0.29) is 18.1 Å². The molecule has 6 nitrogen and oxygen atoms in total. The van der Waals surface area contributed by atoms with Crippen LogP contribution in [0.5, 0.6) is 0 Å². The van der Waals surface area contributed by atoms with Crippen LogP contribution >= 0.6 is 0 Å². The lowest BCUT2D eigenvalue weighted by molar-refractivity contribution is -0.141. The van der Waals surface area contributed by atoms with Crippen LogP contribution < -0.4 is 5.32 Å². The zero-order valence-corrected chi connectivity index (χ0v) is 13.6. The van der Waals surface area contributed by atoms with E-state index in [1.807, 2.05) is 0 Å². The monoisotopic (exact) mass is 321 g/mol. The summed E-state index contributed by atoms with van der Waals surface area (Å²) in [5.41, 5.74) is 0.436. The number of amides is 1. The van der Waals surface area contributed by atoms with Gasteiger partial charge in [0.1, 0.15) is 5.60 Å². The van der Waals surface area contributed by atoms with Crippen LogP contribution in [0.25, 0.3) is 0 Å². The molecule has 0 bridgehead atoms. The Hall–Kier alpha value is -1.92. The number of ether oxygens (including phenoxy) is 2. The van der Waals surface area contributed by atoms with E-state index >= 15 is 0 Å². The van der Waals surface area contributed by atoms with E-state index in [2.05, 4.69) is 5.32 Å². The van der Waals surface area contributed by atoms with Gasteiger partial charge in [-0.3, -0.25) is 4.79 Å². The standard InChI is InChI=1S/C17H23NO5/c1-22-11-12-8-13(15(19)20)10-14(9-12)18-16(21)17(23-2)6-4-3-5-7-17/h8-10H,3-7,11H2,1-2H3,(H,18,21)(H,19,20). The van der Waals surface area contributed by atoms with Gasteiger partial charge in [0.15, 0.2) is 0 Å². The number of methoxy groups -OCH3 is 2. The third-order valence-electron chi connectivity index (χ3n) is 4.27. The fourth-order valence-corrected chi connectivity index (χ4v) is 3.03. The van der Waals surface area contributed by atoms with Crippen LogP contribution in [0.3, 0.4) is 0 Å². The number of nitrogens with one attached hydrogen (secondary N) is 1. The lowest BCUT2D eigenvalue weighted by Gasteiger charge is -2.34. The van der Waals surface area contributed by atoms with Gasteiger partial charge in [-0.2, -0.15) is 0 Å². The van der Waals surface area contributed by atoms with Gasteiger partial charge in [-0.05, 0) is 36.6 Å². The number of carbonyl (C=O) groups is 2. The van der Waals surface area contributed by atoms with E-state index in [1.165, 1.54) is 19.2 Å². The molecule has 126 valence electrons. The Morgan fingerprint density at radius 3 is 2.43 bits per heavy atom. The Morgan fingerprint density at radius 2 is 1.87 bits per heavy atom. The summed E-state index contributed by atoms with van der Waals surface area (Å²) in [7, 11) is 3.09. The second kappa shape index (κ2) is 7.57. The minimum atomic E-state index is -1.04. The topological polar surface area (TPSA) is 84.9 Å². The molecule has 1 amide bonds. The Kier molecular flexibility index (Phi) is 5.74. The first kappa shape index (κ1) is 17.4. The summed E-state index contributed by atoms with van der Waals surface area (Å²) in [5.74, 6) is -1.26. The molecule has 1 aromatic carbocycles. The minimum Gasteiger partial charge on any atom is -0.478 e. The Bertz CT molecular complexity index is 578. The molecule has 1 aromatic rings. The first-order valence-electron chi connectivity index (χ1n) is 7.73. The molecule has 0 unspecified atom stereocenters. The number of hydrogen-bond donors (Lipinski definition) is 2. The summed E-state index contributed by atoms with van der Waals surface area (Å²) >= 11 is 0. The highest BCUT2D eigenvalue weighted by Gasteiger charge is 2.39. The maximum atomic E-state index is 12.7. The molecule has 0 aromatic heterocycles. The van der Waals surface area contributed by atoms with Crippen LogP contribution in [0, 0.1) is 0 Å². The molecule has 2 N–H and O–H groups in total. The molecule has 6 heteroatoms. The van der Waals surface area contributed by atoms with Gasteiger partial charge < -0.3 is 19.9 Å². The quantitative estimate of drug-likeness (QED) is 0.841. The van der Waals surface area contributed by atoms with E-state index in [4.69, 9.17) is 9.47 Å². The normalized spacial score (nSPS) is 16.8. The fourth-order valence-electron chi connectivity index (χ4n) is 3.03. The molecule has 1 fully saturated rings. The third-order valence-corrected chi connectivity index (χ3v) is 4.27. The lowest BCUT2D eigenvalue weighted by Crippen LogP contribution is -2.46. The van der Waals surface area contributed by atoms with Gasteiger partial charge in [-0.15, -0.1) is 0 Å². The lowest BCUT2D eigenvalue weighted by atomic mass is 9.84. The van der Waals surface area contributed by atoms with Crippen LogP contribution in [0.2, 0.25) is 0 Å². The summed E-state index contributed by atoms with van der Waals surface area (Å²) in [5, 5.41) is 12.0. The molecule has 1 aliphatic rings. The molecular formula is C17H23NO5. The van der Waals surface area contributed by atoms with Crippen molar-refractivity contribution in [3.63, 3.8) is 0 Å². The van der Waals surface area contributed by atoms with Crippen LogP contribution in [-0.4, -0.2) is 36.8 Å². The van der Waals surface area contributed by atoms with Gasteiger partial charge in [0.05, 0.1) is 12.2 Å². The summed E-state index contributed by atoms with van der Waals surface area (Å²) in [6, 6.07) is 4.71. The zero-order chi connectivity index (χ0) is 16.9. The van der Waals surface area contributed by atoms with Crippen molar-refractivity contribution in [1.29, 1.82) is 0 Å². The van der Waals surface area contributed by atoms with Crippen LogP contribution in [0.4, 0.5) is 5.69 Å². The van der Waals surface area contributed by atoms with Crippen LogP contribution in [-0.2, 0) is 20.9 Å². The predicted octanol–water partition coefficient (Wildman–Crippen LogP) is 2.82. The van der Waals surface area contributed by atoms with E-state index in [0.29, 0.717) is 24.1 Å². The van der Waals surface area contributed by atoms with Gasteiger partial charge in [0.25, 0.3) is 5.91 Å². The van der Waals surface area contributed by atoms with Gasteiger partial charge in [-0.25, -0.2) is 4.79 Å². The van der Waals surface area contributed by atoms with Crippen molar-refractivity contribution in [3.8, 4) is 0 Å². The SMILES string of the molecule is COCc1cc(NC(=O)C2(OC)CCCCC2)cc(C(=O)O)c1. The van der Waals surface area contributed by atoms with E-state index in [0.717, 1.165) is 19.3 Å². The summed E-state index contributed by atoms with van der Waals surface area (Å²) in [6.45, 7) is 0.277. The number of benzene rings is 1. The van der Waals surface area contributed by atoms with Crippen molar-refractivity contribution in [1.82, 2.24) is 0 Å². The average molecular weight is 321 g/mol. The van der Waals surface area contributed by atoms with Crippen molar-refractivity contribution < 1.29 is 24.2 Å². The van der Waals surface area contributed by atoms with Gasteiger partial charge >= 0.3 is 5.97 Å². The molecule has 0 aliphatic heterocycles. The molecule has 2 rings (SSSR count). The van der Waals surface area contributed by atoms with Gasteiger partial charge in [0.2, 0.25) is 0 Å². The summed E-state index contributed by atoms with van der Waals surface area (Å²) < 4.78 is 10.6. The highest BCUT2D eigenvalue weighted by molar-refractivity contribution is 5.98. The first-order chi connectivity index (χ1) is 11.0. The number of hydrogen-bond acceptors (Lipinski definition) is 4. The van der Waals surface area contributed by atoms with E-state index in [9.17, 15) is 14.7 Å². The fraction of sp³-hybridized carbons (Fsp3) is 0.529. The molecule has 1 aliphatic carbocycles. The van der Waals surface area contributed by atoms with Crippen molar-refractivity contribution in [3.05, 3.63) is 29.3 Å². The van der Waals surface area contributed by atoms with Crippen molar-refractivity contribution >= 4 is 17.6 Å². The van der Waals surface area contributed by atoms with Gasteiger partial charge in [-0.1, -0.05) is 19.3 Å². The highest BCUT2D eigenvalue weighted by Crippen LogP contribution is 2.32. The van der Waals surface area contributed by atoms with Crippen molar-refractivity contribution in [2.75, 3.05) is 19.5 Å². The molecule has 0 radical (unpaired) electrons. The second-order valence-electron chi connectivity index (χ2n) is 5.87.